The Morgan fingerprint density at radius 1 is 1.22 bits per heavy atom. The summed E-state index contributed by atoms with van der Waals surface area (Å²) in [5, 5.41) is 12.7. The lowest BCUT2D eigenvalue weighted by Crippen LogP contribution is -2.46. The van der Waals surface area contributed by atoms with Crippen molar-refractivity contribution < 1.29 is 9.90 Å². The predicted molar refractivity (Wildman–Crippen MR) is 90.1 cm³/mol. The number of hydrogen-bond donors (Lipinski definition) is 2. The maximum absolute atomic E-state index is 12.6. The van der Waals surface area contributed by atoms with Gasteiger partial charge in [0, 0.05) is 13.1 Å². The molecule has 23 heavy (non-hydrogen) atoms. The van der Waals surface area contributed by atoms with Crippen molar-refractivity contribution in [1.29, 1.82) is 0 Å². The molecule has 2 aromatic rings. The maximum Gasteiger partial charge on any atom is 0.318 e. The van der Waals surface area contributed by atoms with Crippen molar-refractivity contribution in [2.45, 2.75) is 25.9 Å². The fraction of sp³-hybridized carbons (Fsp3) is 0.316. The van der Waals surface area contributed by atoms with Gasteiger partial charge in [0.1, 0.15) is 0 Å². The Morgan fingerprint density at radius 2 is 1.96 bits per heavy atom. The number of carbonyl (C=O) groups excluding carboxylic acids is 1. The van der Waals surface area contributed by atoms with Gasteiger partial charge in [0.25, 0.3) is 0 Å². The summed E-state index contributed by atoms with van der Waals surface area (Å²) in [5.41, 5.74) is 4.54. The number of rotatable bonds is 3. The minimum atomic E-state index is -0.267. The Kier molecular flexibility index (Phi) is 4.63. The summed E-state index contributed by atoms with van der Waals surface area (Å²) >= 11 is 0. The molecule has 1 aliphatic heterocycles. The summed E-state index contributed by atoms with van der Waals surface area (Å²) in [6, 6.07) is 15.7. The molecule has 1 atom stereocenters. The Labute approximate surface area is 136 Å². The summed E-state index contributed by atoms with van der Waals surface area (Å²) < 4.78 is 0. The normalized spacial score (nSPS) is 16.8. The number of hydrogen-bond acceptors (Lipinski definition) is 2. The van der Waals surface area contributed by atoms with Gasteiger partial charge in [-0.05, 0) is 35.6 Å². The number of nitrogens with zero attached hydrogens (tertiary/aromatic N) is 1. The van der Waals surface area contributed by atoms with Crippen LogP contribution in [-0.2, 0) is 13.0 Å². The van der Waals surface area contributed by atoms with E-state index < -0.39 is 0 Å². The summed E-state index contributed by atoms with van der Waals surface area (Å²) in [6.07, 6.45) is 0.824. The number of urea groups is 1. The quantitative estimate of drug-likeness (QED) is 0.916. The second-order valence-corrected chi connectivity index (χ2v) is 5.93. The lowest BCUT2D eigenvalue weighted by molar-refractivity contribution is 0.126. The Balaban J connectivity index is 1.71. The molecule has 1 unspecified atom stereocenters. The van der Waals surface area contributed by atoms with Crippen molar-refractivity contribution in [3.8, 4) is 0 Å². The van der Waals surface area contributed by atoms with Gasteiger partial charge >= 0.3 is 6.03 Å². The van der Waals surface area contributed by atoms with Crippen LogP contribution in [0.25, 0.3) is 0 Å². The zero-order valence-corrected chi connectivity index (χ0v) is 13.3. The molecule has 0 bridgehead atoms. The highest BCUT2D eigenvalue weighted by atomic mass is 16.3. The van der Waals surface area contributed by atoms with Crippen LogP contribution in [0.2, 0.25) is 0 Å². The third-order valence-corrected chi connectivity index (χ3v) is 4.54. The molecule has 2 N–H and O–H groups in total. The van der Waals surface area contributed by atoms with Gasteiger partial charge in [0.05, 0.1) is 12.6 Å². The molecule has 3 rings (SSSR count). The minimum absolute atomic E-state index is 0.0607. The molecule has 0 aromatic heterocycles. The van der Waals surface area contributed by atoms with Gasteiger partial charge in [-0.15, -0.1) is 0 Å². The lowest BCUT2D eigenvalue weighted by atomic mass is 9.93. The molecule has 2 aromatic carbocycles. The standard InChI is InChI=1S/C19H22N2O2/c1-14-6-2-3-8-16(14)12-20-19(23)21-11-10-15-7-4-5-9-17(15)18(21)13-22/h2-9,18,22H,10-13H2,1H3,(H,20,23). The van der Waals surface area contributed by atoms with E-state index in [1.54, 1.807) is 4.90 Å². The fourth-order valence-electron chi connectivity index (χ4n) is 3.17. The second-order valence-electron chi connectivity index (χ2n) is 5.93. The number of fused-ring (bicyclic) bond motifs is 1. The van der Waals surface area contributed by atoms with Gasteiger partial charge in [0.15, 0.2) is 0 Å². The molecular weight excluding hydrogens is 288 g/mol. The zero-order valence-electron chi connectivity index (χ0n) is 13.3. The lowest BCUT2D eigenvalue weighted by Gasteiger charge is -2.36. The molecular formula is C19H22N2O2. The van der Waals surface area contributed by atoms with E-state index in [1.807, 2.05) is 49.4 Å². The molecule has 4 nitrogen and oxygen atoms in total. The van der Waals surface area contributed by atoms with Gasteiger partial charge in [-0.1, -0.05) is 48.5 Å². The van der Waals surface area contributed by atoms with Crippen LogP contribution in [0.15, 0.2) is 48.5 Å². The van der Waals surface area contributed by atoms with Gasteiger partial charge in [0.2, 0.25) is 0 Å². The van der Waals surface area contributed by atoms with E-state index in [2.05, 4.69) is 11.4 Å². The van der Waals surface area contributed by atoms with E-state index in [0.717, 1.165) is 23.1 Å². The van der Waals surface area contributed by atoms with E-state index >= 15 is 0 Å². The van der Waals surface area contributed by atoms with Crippen LogP contribution in [0.3, 0.4) is 0 Å². The van der Waals surface area contributed by atoms with Crippen LogP contribution in [-0.4, -0.2) is 29.2 Å². The first-order chi connectivity index (χ1) is 11.2. The molecule has 0 fully saturated rings. The number of nitrogens with one attached hydrogen (secondary N) is 1. The molecule has 0 spiro atoms. The van der Waals surface area contributed by atoms with Gasteiger partial charge < -0.3 is 15.3 Å². The number of aryl methyl sites for hydroxylation is 1. The van der Waals surface area contributed by atoms with E-state index in [0.29, 0.717) is 13.1 Å². The van der Waals surface area contributed by atoms with Crippen molar-refractivity contribution in [1.82, 2.24) is 10.2 Å². The highest BCUT2D eigenvalue weighted by molar-refractivity contribution is 5.75. The Hall–Kier alpha value is -2.33. The smallest absolute Gasteiger partial charge is 0.318 e. The van der Waals surface area contributed by atoms with Crippen molar-refractivity contribution in [2.24, 2.45) is 0 Å². The molecule has 1 heterocycles. The summed E-state index contributed by atoms with van der Waals surface area (Å²) in [4.78, 5) is 14.3. The average molecular weight is 310 g/mol. The third kappa shape index (κ3) is 3.22. The topological polar surface area (TPSA) is 52.6 Å². The molecule has 1 aliphatic rings. The summed E-state index contributed by atoms with van der Waals surface area (Å²) in [5.74, 6) is 0. The predicted octanol–water partition coefficient (Wildman–Crippen LogP) is 2.80. The molecule has 2 amide bonds. The number of aliphatic hydroxyl groups is 1. The largest absolute Gasteiger partial charge is 0.394 e. The van der Waals surface area contributed by atoms with Crippen LogP contribution in [0, 0.1) is 6.92 Å². The van der Waals surface area contributed by atoms with Crippen molar-refractivity contribution in [3.05, 3.63) is 70.8 Å². The minimum Gasteiger partial charge on any atom is -0.394 e. The number of carbonyl (C=O) groups is 1. The number of aliphatic hydroxyl groups excluding tert-OH is 1. The summed E-state index contributed by atoms with van der Waals surface area (Å²) in [7, 11) is 0. The fourth-order valence-corrected chi connectivity index (χ4v) is 3.17. The average Bonchev–Trinajstić information content (AvgIpc) is 2.59. The van der Waals surface area contributed by atoms with Crippen molar-refractivity contribution >= 4 is 6.03 Å². The van der Waals surface area contributed by atoms with E-state index in [-0.39, 0.29) is 18.7 Å². The SMILES string of the molecule is Cc1ccccc1CNC(=O)N1CCc2ccccc2C1CO. The van der Waals surface area contributed by atoms with E-state index in [9.17, 15) is 9.90 Å². The Morgan fingerprint density at radius 3 is 2.74 bits per heavy atom. The van der Waals surface area contributed by atoms with Gasteiger partial charge in [-0.2, -0.15) is 0 Å². The van der Waals surface area contributed by atoms with Gasteiger partial charge in [-0.3, -0.25) is 0 Å². The van der Waals surface area contributed by atoms with E-state index in [4.69, 9.17) is 0 Å². The Bertz CT molecular complexity index is 699. The molecule has 4 heteroatoms. The van der Waals surface area contributed by atoms with Gasteiger partial charge in [-0.25, -0.2) is 4.79 Å². The highest BCUT2D eigenvalue weighted by Crippen LogP contribution is 2.29. The third-order valence-electron chi connectivity index (χ3n) is 4.54. The van der Waals surface area contributed by atoms with E-state index in [1.165, 1.54) is 5.56 Å². The molecule has 0 radical (unpaired) electrons. The van der Waals surface area contributed by atoms with Crippen LogP contribution in [0.4, 0.5) is 4.79 Å². The first-order valence-corrected chi connectivity index (χ1v) is 7.98. The van der Waals surface area contributed by atoms with Crippen LogP contribution >= 0.6 is 0 Å². The van der Waals surface area contributed by atoms with Crippen molar-refractivity contribution in [2.75, 3.05) is 13.2 Å². The number of amides is 2. The molecule has 0 aliphatic carbocycles. The van der Waals surface area contributed by atoms with Crippen molar-refractivity contribution in [3.63, 3.8) is 0 Å². The number of benzene rings is 2. The van der Waals surface area contributed by atoms with Crippen LogP contribution in [0.5, 0.6) is 0 Å². The molecule has 0 saturated carbocycles. The molecule has 120 valence electrons. The first kappa shape index (κ1) is 15.6. The second kappa shape index (κ2) is 6.84. The highest BCUT2D eigenvalue weighted by Gasteiger charge is 2.29. The maximum atomic E-state index is 12.6. The summed E-state index contributed by atoms with van der Waals surface area (Å²) in [6.45, 7) is 3.10. The van der Waals surface area contributed by atoms with Crippen LogP contribution in [0.1, 0.15) is 28.3 Å². The molecule has 0 saturated heterocycles. The first-order valence-electron chi connectivity index (χ1n) is 7.98. The monoisotopic (exact) mass is 310 g/mol. The zero-order chi connectivity index (χ0) is 16.2. The van der Waals surface area contributed by atoms with Crippen LogP contribution < -0.4 is 5.32 Å².